The molecule has 0 spiro atoms. The van der Waals surface area contributed by atoms with Gasteiger partial charge in [0.25, 0.3) is 0 Å². The Kier molecular flexibility index (Phi) is 6.29. The van der Waals surface area contributed by atoms with Gasteiger partial charge >= 0.3 is 0 Å². The fourth-order valence-corrected chi connectivity index (χ4v) is 1.86. The van der Waals surface area contributed by atoms with Crippen LogP contribution in [0.15, 0.2) is 5.16 Å². The molecule has 0 unspecified atom stereocenters. The Morgan fingerprint density at radius 3 is 2.82 bits per heavy atom. The maximum atomic E-state index is 8.54. The highest BCUT2D eigenvalue weighted by molar-refractivity contribution is 5.80. The van der Waals surface area contributed by atoms with Gasteiger partial charge in [-0.25, -0.2) is 0 Å². The van der Waals surface area contributed by atoms with E-state index in [4.69, 9.17) is 15.7 Å². The van der Waals surface area contributed by atoms with Gasteiger partial charge in [0.1, 0.15) is 5.84 Å². The van der Waals surface area contributed by atoms with Crippen molar-refractivity contribution in [3.63, 3.8) is 0 Å². The lowest BCUT2D eigenvalue weighted by atomic mass is 10.0. The van der Waals surface area contributed by atoms with Crippen LogP contribution in [0.25, 0.3) is 0 Å². The van der Waals surface area contributed by atoms with Crippen molar-refractivity contribution in [2.75, 3.05) is 26.3 Å². The minimum absolute atomic E-state index is 0.236. The highest BCUT2D eigenvalue weighted by Crippen LogP contribution is 2.48. The quantitative estimate of drug-likeness (QED) is 0.178. The number of nitrogens with zero attached hydrogens (tertiary/aromatic N) is 1. The highest BCUT2D eigenvalue weighted by atomic mass is 16.5. The van der Waals surface area contributed by atoms with Crippen LogP contribution in [0.2, 0.25) is 0 Å². The van der Waals surface area contributed by atoms with Crippen LogP contribution in [0.3, 0.4) is 0 Å². The van der Waals surface area contributed by atoms with Crippen LogP contribution in [0.4, 0.5) is 0 Å². The Labute approximate surface area is 103 Å². The topological polar surface area (TPSA) is 79.9 Å². The lowest BCUT2D eigenvalue weighted by molar-refractivity contribution is 0.132. The zero-order valence-corrected chi connectivity index (χ0v) is 10.7. The second kappa shape index (κ2) is 7.50. The third kappa shape index (κ3) is 5.89. The first-order valence-electron chi connectivity index (χ1n) is 6.47. The van der Waals surface area contributed by atoms with Crippen LogP contribution < -0.4 is 11.1 Å². The van der Waals surface area contributed by atoms with Crippen LogP contribution in [-0.4, -0.2) is 37.3 Å². The Morgan fingerprint density at radius 1 is 1.47 bits per heavy atom. The fourth-order valence-electron chi connectivity index (χ4n) is 1.86. The predicted molar refractivity (Wildman–Crippen MR) is 68.3 cm³/mol. The van der Waals surface area contributed by atoms with Crippen LogP contribution in [0, 0.1) is 5.41 Å². The SMILES string of the molecule is CCCCOCCNCC1(CC(N)=NO)CC1. The van der Waals surface area contributed by atoms with Gasteiger partial charge in [-0.1, -0.05) is 18.5 Å². The third-order valence-electron chi connectivity index (χ3n) is 3.21. The molecule has 1 aliphatic rings. The Morgan fingerprint density at radius 2 is 2.24 bits per heavy atom. The summed E-state index contributed by atoms with van der Waals surface area (Å²) < 4.78 is 5.46. The summed E-state index contributed by atoms with van der Waals surface area (Å²) in [5.74, 6) is 0.337. The fraction of sp³-hybridized carbons (Fsp3) is 0.917. The summed E-state index contributed by atoms with van der Waals surface area (Å²) in [6, 6.07) is 0. The van der Waals surface area contributed by atoms with Crippen molar-refractivity contribution in [2.24, 2.45) is 16.3 Å². The second-order valence-electron chi connectivity index (χ2n) is 4.91. The van der Waals surface area contributed by atoms with E-state index in [-0.39, 0.29) is 5.41 Å². The van der Waals surface area contributed by atoms with Crippen LogP contribution in [0.5, 0.6) is 0 Å². The average Bonchev–Trinajstić information content (AvgIpc) is 3.08. The maximum Gasteiger partial charge on any atom is 0.139 e. The molecule has 1 saturated carbocycles. The molecule has 0 amide bonds. The van der Waals surface area contributed by atoms with Crippen molar-refractivity contribution in [3.05, 3.63) is 0 Å². The molecule has 0 aromatic heterocycles. The molecule has 0 atom stereocenters. The summed E-state index contributed by atoms with van der Waals surface area (Å²) in [7, 11) is 0. The summed E-state index contributed by atoms with van der Waals surface area (Å²) in [6.07, 6.45) is 5.32. The highest BCUT2D eigenvalue weighted by Gasteiger charge is 2.42. The van der Waals surface area contributed by atoms with E-state index in [0.29, 0.717) is 12.3 Å². The predicted octanol–water partition coefficient (Wildman–Crippen LogP) is 1.31. The Hall–Kier alpha value is -0.810. The van der Waals surface area contributed by atoms with Gasteiger partial charge < -0.3 is 21.0 Å². The van der Waals surface area contributed by atoms with Crippen molar-refractivity contribution in [1.29, 1.82) is 0 Å². The monoisotopic (exact) mass is 243 g/mol. The average molecular weight is 243 g/mol. The van der Waals surface area contributed by atoms with Crippen molar-refractivity contribution in [3.8, 4) is 0 Å². The van der Waals surface area contributed by atoms with Crippen LogP contribution in [0.1, 0.15) is 39.0 Å². The number of amidine groups is 1. The molecule has 5 heteroatoms. The van der Waals surface area contributed by atoms with E-state index in [9.17, 15) is 0 Å². The van der Waals surface area contributed by atoms with Crippen molar-refractivity contribution >= 4 is 5.84 Å². The van der Waals surface area contributed by atoms with E-state index in [0.717, 1.165) is 45.6 Å². The summed E-state index contributed by atoms with van der Waals surface area (Å²) >= 11 is 0. The van der Waals surface area contributed by atoms with Gasteiger partial charge in [-0.05, 0) is 24.7 Å². The van der Waals surface area contributed by atoms with Crippen molar-refractivity contribution in [1.82, 2.24) is 5.32 Å². The molecule has 4 N–H and O–H groups in total. The van der Waals surface area contributed by atoms with Gasteiger partial charge in [-0.3, -0.25) is 0 Å². The van der Waals surface area contributed by atoms with E-state index in [1.807, 2.05) is 0 Å². The molecule has 0 heterocycles. The smallest absolute Gasteiger partial charge is 0.139 e. The number of nitrogens with two attached hydrogens (primary N) is 1. The lowest BCUT2D eigenvalue weighted by Gasteiger charge is -2.15. The maximum absolute atomic E-state index is 8.54. The van der Waals surface area contributed by atoms with Gasteiger partial charge in [0.2, 0.25) is 0 Å². The second-order valence-corrected chi connectivity index (χ2v) is 4.91. The summed E-state index contributed by atoms with van der Waals surface area (Å²) in [5.41, 5.74) is 5.77. The number of oxime groups is 1. The molecule has 0 aromatic rings. The minimum Gasteiger partial charge on any atom is -0.409 e. The first kappa shape index (κ1) is 14.3. The molecular weight excluding hydrogens is 218 g/mol. The largest absolute Gasteiger partial charge is 0.409 e. The van der Waals surface area contributed by atoms with E-state index >= 15 is 0 Å². The molecular formula is C12H25N3O2. The van der Waals surface area contributed by atoms with Gasteiger partial charge in [0.05, 0.1) is 6.61 Å². The lowest BCUT2D eigenvalue weighted by Crippen LogP contribution is -2.30. The van der Waals surface area contributed by atoms with E-state index in [2.05, 4.69) is 17.4 Å². The normalized spacial score (nSPS) is 18.3. The zero-order valence-electron chi connectivity index (χ0n) is 10.7. The molecule has 1 rings (SSSR count). The molecule has 0 radical (unpaired) electrons. The van der Waals surface area contributed by atoms with Gasteiger partial charge in [0, 0.05) is 26.1 Å². The van der Waals surface area contributed by atoms with E-state index in [1.165, 1.54) is 6.42 Å². The first-order valence-corrected chi connectivity index (χ1v) is 6.47. The summed E-state index contributed by atoms with van der Waals surface area (Å²) in [6.45, 7) is 5.58. The molecule has 100 valence electrons. The first-order chi connectivity index (χ1) is 8.22. The van der Waals surface area contributed by atoms with Crippen molar-refractivity contribution in [2.45, 2.75) is 39.0 Å². The Bertz CT molecular complexity index is 240. The zero-order chi connectivity index (χ0) is 12.6. The van der Waals surface area contributed by atoms with Gasteiger partial charge in [-0.2, -0.15) is 0 Å². The Balaban J connectivity index is 1.99. The molecule has 1 aliphatic carbocycles. The third-order valence-corrected chi connectivity index (χ3v) is 3.21. The van der Waals surface area contributed by atoms with Crippen LogP contribution in [-0.2, 0) is 4.74 Å². The number of nitrogens with one attached hydrogen (secondary N) is 1. The molecule has 1 fully saturated rings. The molecule has 0 aliphatic heterocycles. The molecule has 0 saturated heterocycles. The molecule has 0 bridgehead atoms. The van der Waals surface area contributed by atoms with E-state index in [1.54, 1.807) is 0 Å². The number of rotatable bonds is 10. The van der Waals surface area contributed by atoms with Gasteiger partial charge in [-0.15, -0.1) is 0 Å². The van der Waals surface area contributed by atoms with Gasteiger partial charge in [0.15, 0.2) is 0 Å². The number of ether oxygens (including phenoxy) is 1. The van der Waals surface area contributed by atoms with Crippen molar-refractivity contribution < 1.29 is 9.94 Å². The standard InChI is InChI=1S/C12H25N3O2/c1-2-3-7-17-8-6-14-10-12(4-5-12)9-11(13)15-16/h14,16H,2-10H2,1H3,(H2,13,15). The van der Waals surface area contributed by atoms with Crippen LogP contribution >= 0.6 is 0 Å². The van der Waals surface area contributed by atoms with E-state index < -0.39 is 0 Å². The summed E-state index contributed by atoms with van der Waals surface area (Å²) in [4.78, 5) is 0. The number of hydrogen-bond acceptors (Lipinski definition) is 4. The number of hydrogen-bond donors (Lipinski definition) is 3. The molecule has 5 nitrogen and oxygen atoms in total. The molecule has 0 aromatic carbocycles. The molecule has 17 heavy (non-hydrogen) atoms. The summed E-state index contributed by atoms with van der Waals surface area (Å²) in [5, 5.41) is 15.0. The number of unbranched alkanes of at least 4 members (excludes halogenated alkanes) is 1. The minimum atomic E-state index is 0.236.